The number of carbonyl (C=O) groups is 3. The molecule has 1 aromatic rings. The minimum absolute atomic E-state index is 0.0289. The van der Waals surface area contributed by atoms with Gasteiger partial charge in [0.1, 0.15) is 23.0 Å². The molecule has 0 spiro atoms. The van der Waals surface area contributed by atoms with Crippen LogP contribution in [-0.4, -0.2) is 29.2 Å². The Balaban J connectivity index is 2.33. The fraction of sp³-hybridized carbons (Fsp3) is 0.357. The average molecular weight is 296 g/mol. The number of ketones is 1. The molecule has 2 rings (SSSR count). The predicted octanol–water partition coefficient (Wildman–Crippen LogP) is 1.71. The van der Waals surface area contributed by atoms with Crippen molar-refractivity contribution in [3.05, 3.63) is 35.4 Å². The van der Waals surface area contributed by atoms with Crippen LogP contribution in [-0.2, 0) is 15.1 Å². The summed E-state index contributed by atoms with van der Waals surface area (Å²) >= 11 is 0. The van der Waals surface area contributed by atoms with Gasteiger partial charge in [-0.1, -0.05) is 6.07 Å². The number of hydrogen-bond donors (Lipinski definition) is 1. The van der Waals surface area contributed by atoms with Gasteiger partial charge in [-0.2, -0.15) is 0 Å². The highest BCUT2D eigenvalue weighted by Crippen LogP contribution is 2.31. The van der Waals surface area contributed by atoms with Crippen molar-refractivity contribution in [1.82, 2.24) is 10.2 Å². The molecule has 5 nitrogen and oxygen atoms in total. The lowest BCUT2D eigenvalue weighted by molar-refractivity contribution is -0.131. The molecule has 1 unspecified atom stereocenters. The summed E-state index contributed by atoms with van der Waals surface area (Å²) in [6.45, 7) is 2.62. The molecule has 0 aromatic heterocycles. The van der Waals surface area contributed by atoms with Gasteiger partial charge in [0.25, 0.3) is 5.91 Å². The van der Waals surface area contributed by atoms with E-state index in [1.807, 2.05) is 0 Å². The summed E-state index contributed by atoms with van der Waals surface area (Å²) in [5.74, 6) is -2.53. The minimum atomic E-state index is -1.61. The smallest absolute Gasteiger partial charge is 0.319 e. The maximum Gasteiger partial charge on any atom is 0.325 e. The fourth-order valence-corrected chi connectivity index (χ4v) is 2.25. The second-order valence-electron chi connectivity index (χ2n) is 5.09. The van der Waals surface area contributed by atoms with Crippen LogP contribution < -0.4 is 5.32 Å². The first kappa shape index (κ1) is 15.1. The number of carbonyl (C=O) groups excluding carboxylic acids is 3. The highest BCUT2D eigenvalue weighted by Gasteiger charge is 2.50. The molecule has 1 aliphatic rings. The van der Waals surface area contributed by atoms with Crippen LogP contribution in [0.4, 0.5) is 13.6 Å². The van der Waals surface area contributed by atoms with Gasteiger partial charge >= 0.3 is 6.03 Å². The van der Waals surface area contributed by atoms with Crippen LogP contribution in [0.3, 0.4) is 0 Å². The van der Waals surface area contributed by atoms with Crippen molar-refractivity contribution in [2.45, 2.75) is 25.8 Å². The zero-order chi connectivity index (χ0) is 15.8. The molecule has 1 heterocycles. The summed E-state index contributed by atoms with van der Waals surface area (Å²) in [5.41, 5.74) is -1.72. The van der Waals surface area contributed by atoms with Crippen molar-refractivity contribution in [3.63, 3.8) is 0 Å². The van der Waals surface area contributed by atoms with Crippen molar-refractivity contribution in [1.29, 1.82) is 0 Å². The lowest BCUT2D eigenvalue weighted by atomic mass is 9.91. The first-order valence-corrected chi connectivity index (χ1v) is 6.35. The molecule has 7 heteroatoms. The number of nitrogens with zero attached hydrogens (tertiary/aromatic N) is 1. The van der Waals surface area contributed by atoms with Crippen LogP contribution in [0.15, 0.2) is 18.2 Å². The average Bonchev–Trinajstić information content (AvgIpc) is 2.58. The summed E-state index contributed by atoms with van der Waals surface area (Å²) in [7, 11) is 0. The Kier molecular flexibility index (Phi) is 3.76. The molecule has 1 atom stereocenters. The number of benzene rings is 1. The van der Waals surface area contributed by atoms with Gasteiger partial charge in [0, 0.05) is 24.6 Å². The Hall–Kier alpha value is -2.31. The normalized spacial score (nSPS) is 21.6. The highest BCUT2D eigenvalue weighted by atomic mass is 19.1. The third-order valence-corrected chi connectivity index (χ3v) is 3.43. The minimum Gasteiger partial charge on any atom is -0.319 e. The van der Waals surface area contributed by atoms with Gasteiger partial charge in [0.2, 0.25) is 0 Å². The molecule has 0 aliphatic carbocycles. The van der Waals surface area contributed by atoms with Gasteiger partial charge < -0.3 is 5.32 Å². The van der Waals surface area contributed by atoms with Crippen molar-refractivity contribution < 1.29 is 23.2 Å². The van der Waals surface area contributed by atoms with E-state index in [4.69, 9.17) is 0 Å². The Morgan fingerprint density at radius 2 is 2.00 bits per heavy atom. The molecule has 1 fully saturated rings. The number of urea groups is 1. The topological polar surface area (TPSA) is 66.5 Å². The Labute approximate surface area is 119 Å². The maximum absolute atomic E-state index is 13.9. The van der Waals surface area contributed by atoms with Gasteiger partial charge in [-0.3, -0.25) is 14.5 Å². The molecule has 1 saturated heterocycles. The molecule has 0 bridgehead atoms. The van der Waals surface area contributed by atoms with Crippen LogP contribution >= 0.6 is 0 Å². The third kappa shape index (κ3) is 2.63. The van der Waals surface area contributed by atoms with E-state index in [2.05, 4.69) is 5.32 Å². The Morgan fingerprint density at radius 3 is 2.57 bits per heavy atom. The van der Waals surface area contributed by atoms with E-state index in [0.717, 1.165) is 17.0 Å². The van der Waals surface area contributed by atoms with Crippen molar-refractivity contribution in [2.24, 2.45) is 0 Å². The molecule has 112 valence electrons. The summed E-state index contributed by atoms with van der Waals surface area (Å²) < 4.78 is 26.8. The van der Waals surface area contributed by atoms with Crippen LogP contribution in [0.25, 0.3) is 0 Å². The number of rotatable bonds is 4. The molecule has 3 amide bonds. The van der Waals surface area contributed by atoms with Gasteiger partial charge in [-0.15, -0.1) is 0 Å². The van der Waals surface area contributed by atoms with Crippen molar-refractivity contribution >= 4 is 17.7 Å². The molecular formula is C14H14F2N2O3. The summed E-state index contributed by atoms with van der Waals surface area (Å²) in [6, 6.07) is 2.09. The quantitative estimate of drug-likeness (QED) is 0.860. The lowest BCUT2D eigenvalue weighted by Crippen LogP contribution is -2.41. The molecule has 1 N–H and O–H groups in total. The van der Waals surface area contributed by atoms with E-state index < -0.39 is 29.1 Å². The van der Waals surface area contributed by atoms with Crippen LogP contribution in [0, 0.1) is 11.6 Å². The monoisotopic (exact) mass is 296 g/mol. The van der Waals surface area contributed by atoms with Crippen LogP contribution in [0.1, 0.15) is 25.8 Å². The van der Waals surface area contributed by atoms with E-state index in [-0.39, 0.29) is 24.3 Å². The molecule has 1 aromatic carbocycles. The number of amides is 3. The second kappa shape index (κ2) is 5.23. The number of hydrogen-bond acceptors (Lipinski definition) is 3. The van der Waals surface area contributed by atoms with E-state index in [0.29, 0.717) is 6.07 Å². The third-order valence-electron chi connectivity index (χ3n) is 3.43. The van der Waals surface area contributed by atoms with Crippen LogP contribution in [0.2, 0.25) is 0 Å². The second-order valence-corrected chi connectivity index (χ2v) is 5.09. The first-order valence-electron chi connectivity index (χ1n) is 6.35. The zero-order valence-corrected chi connectivity index (χ0v) is 11.6. The first-order chi connectivity index (χ1) is 9.75. The molecular weight excluding hydrogens is 282 g/mol. The number of imide groups is 1. The summed E-state index contributed by atoms with van der Waals surface area (Å²) in [5, 5.41) is 2.39. The summed E-state index contributed by atoms with van der Waals surface area (Å²) in [4.78, 5) is 36.0. The van der Waals surface area contributed by atoms with Gasteiger partial charge in [0.15, 0.2) is 0 Å². The largest absolute Gasteiger partial charge is 0.325 e. The molecule has 0 radical (unpaired) electrons. The lowest BCUT2D eigenvalue weighted by Gasteiger charge is -2.22. The van der Waals surface area contributed by atoms with Gasteiger partial charge in [-0.25, -0.2) is 13.6 Å². The van der Waals surface area contributed by atoms with E-state index in [1.165, 1.54) is 13.8 Å². The zero-order valence-electron chi connectivity index (χ0n) is 11.6. The predicted molar refractivity (Wildman–Crippen MR) is 69.3 cm³/mol. The Bertz CT molecular complexity index is 633. The molecule has 0 saturated carbocycles. The van der Waals surface area contributed by atoms with Crippen molar-refractivity contribution in [3.8, 4) is 0 Å². The van der Waals surface area contributed by atoms with Crippen LogP contribution in [0.5, 0.6) is 0 Å². The van der Waals surface area contributed by atoms with Crippen molar-refractivity contribution in [2.75, 3.05) is 6.54 Å². The number of Topliss-reactive ketones (excluding diaryl/α,β-unsaturated/α-hetero) is 1. The van der Waals surface area contributed by atoms with Gasteiger partial charge in [0.05, 0.1) is 0 Å². The van der Waals surface area contributed by atoms with E-state index in [1.54, 1.807) is 0 Å². The van der Waals surface area contributed by atoms with E-state index in [9.17, 15) is 23.2 Å². The molecule has 21 heavy (non-hydrogen) atoms. The standard InChI is InChI=1S/C14H14F2N2O3/c1-8(19)5-6-18-12(20)14(2,17-13(18)21)10-4-3-9(15)7-11(10)16/h3-4,7H,5-6H2,1-2H3,(H,17,21). The number of halogens is 2. The highest BCUT2D eigenvalue weighted by molar-refractivity contribution is 6.07. The summed E-state index contributed by atoms with van der Waals surface area (Å²) in [6.07, 6.45) is 0.0289. The Morgan fingerprint density at radius 1 is 1.33 bits per heavy atom. The molecule has 1 aliphatic heterocycles. The van der Waals surface area contributed by atoms with Gasteiger partial charge in [-0.05, 0) is 19.9 Å². The number of nitrogens with one attached hydrogen (secondary N) is 1. The maximum atomic E-state index is 13.9. The van der Waals surface area contributed by atoms with E-state index >= 15 is 0 Å². The fourth-order valence-electron chi connectivity index (χ4n) is 2.25. The SMILES string of the molecule is CC(=O)CCN1C(=O)NC(C)(c2ccc(F)cc2F)C1=O.